The van der Waals surface area contributed by atoms with Gasteiger partial charge in [0.2, 0.25) is 5.78 Å². The second-order valence-corrected chi connectivity index (χ2v) is 5.95. The van der Waals surface area contributed by atoms with E-state index in [4.69, 9.17) is 4.74 Å². The summed E-state index contributed by atoms with van der Waals surface area (Å²) >= 11 is 1.65. The number of aromatic nitrogens is 1. The summed E-state index contributed by atoms with van der Waals surface area (Å²) in [6.07, 6.45) is 2.00. The zero-order chi connectivity index (χ0) is 16.3. The maximum absolute atomic E-state index is 12.3. The monoisotopic (exact) mass is 317 g/mol. The van der Waals surface area contributed by atoms with E-state index in [2.05, 4.69) is 4.98 Å². The van der Waals surface area contributed by atoms with Crippen LogP contribution in [0.25, 0.3) is 0 Å². The molecule has 4 nitrogen and oxygen atoms in total. The van der Waals surface area contributed by atoms with Gasteiger partial charge in [0.05, 0.1) is 5.69 Å². The maximum Gasteiger partial charge on any atom is 0.216 e. The Kier molecular flexibility index (Phi) is 5.08. The van der Waals surface area contributed by atoms with Crippen molar-refractivity contribution in [1.29, 1.82) is 0 Å². The lowest BCUT2D eigenvalue weighted by molar-refractivity contribution is 0.0916. The lowest BCUT2D eigenvalue weighted by Gasteiger charge is -2.06. The smallest absolute Gasteiger partial charge is 0.216 e. The highest BCUT2D eigenvalue weighted by Gasteiger charge is 2.19. The second kappa shape index (κ2) is 6.83. The Bertz CT molecular complexity index is 701. The number of hydrogen-bond donors (Lipinski definition) is 1. The van der Waals surface area contributed by atoms with E-state index in [-0.39, 0.29) is 18.2 Å². The van der Waals surface area contributed by atoms with Gasteiger partial charge in [0.25, 0.3) is 0 Å². The minimum absolute atomic E-state index is 0.0427. The van der Waals surface area contributed by atoms with Gasteiger partial charge in [0.1, 0.15) is 5.75 Å². The summed E-state index contributed by atoms with van der Waals surface area (Å²) < 4.78 is 5.52. The maximum atomic E-state index is 12.3. The molecule has 0 aliphatic rings. The number of H-pyrrole nitrogens is 1. The molecular formula is C17H19NO3S. The molecule has 0 aliphatic heterocycles. The molecule has 5 heteroatoms. The van der Waals surface area contributed by atoms with E-state index in [1.165, 1.54) is 6.92 Å². The first-order chi connectivity index (χ1) is 10.4. The van der Waals surface area contributed by atoms with Crippen LogP contribution in [-0.2, 0) is 0 Å². The van der Waals surface area contributed by atoms with Gasteiger partial charge in [-0.05, 0) is 56.9 Å². The fourth-order valence-electron chi connectivity index (χ4n) is 2.45. The van der Waals surface area contributed by atoms with E-state index < -0.39 is 0 Å². The van der Waals surface area contributed by atoms with E-state index in [1.54, 1.807) is 25.6 Å². The van der Waals surface area contributed by atoms with Crippen LogP contribution in [0.1, 0.15) is 39.0 Å². The lowest BCUT2D eigenvalue weighted by Crippen LogP contribution is -2.13. The predicted molar refractivity (Wildman–Crippen MR) is 88.3 cm³/mol. The van der Waals surface area contributed by atoms with Gasteiger partial charge in [-0.1, -0.05) is 0 Å². The van der Waals surface area contributed by atoms with Crippen LogP contribution in [0.4, 0.5) is 0 Å². The highest BCUT2D eigenvalue weighted by molar-refractivity contribution is 7.98. The summed E-state index contributed by atoms with van der Waals surface area (Å²) in [5.74, 6) is 0.444. The Labute approximate surface area is 134 Å². The number of benzene rings is 1. The van der Waals surface area contributed by atoms with Gasteiger partial charge in [-0.15, -0.1) is 11.8 Å². The zero-order valence-electron chi connectivity index (χ0n) is 13.1. The molecule has 0 fully saturated rings. The molecule has 0 unspecified atom stereocenters. The van der Waals surface area contributed by atoms with Gasteiger partial charge in [0.15, 0.2) is 12.4 Å². The van der Waals surface area contributed by atoms with Crippen molar-refractivity contribution >= 4 is 23.3 Å². The molecule has 0 bridgehead atoms. The Morgan fingerprint density at radius 2 is 1.82 bits per heavy atom. The summed E-state index contributed by atoms with van der Waals surface area (Å²) in [4.78, 5) is 28.0. The van der Waals surface area contributed by atoms with Crippen molar-refractivity contribution in [2.24, 2.45) is 0 Å². The molecule has 1 N–H and O–H groups in total. The molecule has 1 aromatic heterocycles. The molecule has 0 aliphatic carbocycles. The van der Waals surface area contributed by atoms with Crippen molar-refractivity contribution < 1.29 is 14.3 Å². The quantitative estimate of drug-likeness (QED) is 0.650. The minimum atomic E-state index is -0.165. The van der Waals surface area contributed by atoms with Crippen LogP contribution in [0.2, 0.25) is 0 Å². The third-order valence-electron chi connectivity index (χ3n) is 3.50. The number of rotatable bonds is 6. The SMILES string of the molecule is CSc1ccc(OCC(=O)c2[nH]c(C)c(C(C)=O)c2C)cc1. The number of hydrogen-bond acceptors (Lipinski definition) is 4. The highest BCUT2D eigenvalue weighted by Crippen LogP contribution is 2.21. The lowest BCUT2D eigenvalue weighted by atomic mass is 10.1. The first kappa shape index (κ1) is 16.4. The van der Waals surface area contributed by atoms with E-state index >= 15 is 0 Å². The van der Waals surface area contributed by atoms with Crippen LogP contribution in [-0.4, -0.2) is 29.4 Å². The van der Waals surface area contributed by atoms with E-state index in [9.17, 15) is 9.59 Å². The average molecular weight is 317 g/mol. The number of ketones is 2. The molecule has 0 saturated carbocycles. The number of ether oxygens (including phenoxy) is 1. The minimum Gasteiger partial charge on any atom is -0.485 e. The molecule has 0 amide bonds. The van der Waals surface area contributed by atoms with Crippen LogP contribution < -0.4 is 4.74 Å². The van der Waals surface area contributed by atoms with Gasteiger partial charge in [-0.3, -0.25) is 9.59 Å². The molecule has 1 heterocycles. The largest absolute Gasteiger partial charge is 0.485 e. The standard InChI is InChI=1S/C17H19NO3S/c1-10-16(12(3)19)11(2)18-17(10)15(20)9-21-13-5-7-14(22-4)8-6-13/h5-8,18H,9H2,1-4H3. The number of aromatic amines is 1. The molecule has 22 heavy (non-hydrogen) atoms. The van der Waals surface area contributed by atoms with Crippen molar-refractivity contribution in [1.82, 2.24) is 4.98 Å². The average Bonchev–Trinajstić information content (AvgIpc) is 2.80. The second-order valence-electron chi connectivity index (χ2n) is 5.07. The van der Waals surface area contributed by atoms with Crippen LogP contribution >= 0.6 is 11.8 Å². The fourth-order valence-corrected chi connectivity index (χ4v) is 2.86. The Morgan fingerprint density at radius 3 is 2.32 bits per heavy atom. The molecule has 0 saturated heterocycles. The van der Waals surface area contributed by atoms with Gasteiger partial charge >= 0.3 is 0 Å². The van der Waals surface area contributed by atoms with Crippen LogP contribution in [0.3, 0.4) is 0 Å². The number of carbonyl (C=O) groups is 2. The molecule has 0 spiro atoms. The first-order valence-corrected chi connectivity index (χ1v) is 8.16. The summed E-state index contributed by atoms with van der Waals surface area (Å²) in [5.41, 5.74) is 2.45. The van der Waals surface area contributed by atoms with Gasteiger partial charge in [-0.25, -0.2) is 0 Å². The van der Waals surface area contributed by atoms with E-state index in [0.717, 1.165) is 10.6 Å². The normalized spacial score (nSPS) is 10.5. The van der Waals surface area contributed by atoms with Crippen molar-refractivity contribution in [2.75, 3.05) is 12.9 Å². The molecule has 116 valence electrons. The fraction of sp³-hybridized carbons (Fsp3) is 0.294. The summed E-state index contributed by atoms with van der Waals surface area (Å²) in [6.45, 7) is 5.02. The topological polar surface area (TPSA) is 59.2 Å². The van der Waals surface area contributed by atoms with Crippen molar-refractivity contribution in [2.45, 2.75) is 25.7 Å². The Morgan fingerprint density at radius 1 is 1.18 bits per heavy atom. The van der Waals surface area contributed by atoms with Crippen molar-refractivity contribution in [3.05, 3.63) is 46.8 Å². The zero-order valence-corrected chi connectivity index (χ0v) is 14.0. The summed E-state index contributed by atoms with van der Waals surface area (Å²) in [7, 11) is 0. The van der Waals surface area contributed by atoms with Crippen LogP contribution in [0, 0.1) is 13.8 Å². The Balaban J connectivity index is 2.09. The van der Waals surface area contributed by atoms with E-state index in [0.29, 0.717) is 22.6 Å². The number of Topliss-reactive ketones (excluding diaryl/α,β-unsaturated/α-hetero) is 2. The first-order valence-electron chi connectivity index (χ1n) is 6.94. The molecule has 1 aromatic carbocycles. The molecule has 2 rings (SSSR count). The van der Waals surface area contributed by atoms with Gasteiger partial charge in [-0.2, -0.15) is 0 Å². The number of thioether (sulfide) groups is 1. The van der Waals surface area contributed by atoms with E-state index in [1.807, 2.05) is 30.5 Å². The Hall–Kier alpha value is -2.01. The summed E-state index contributed by atoms with van der Waals surface area (Å²) in [6, 6.07) is 7.57. The number of aryl methyl sites for hydroxylation is 1. The van der Waals surface area contributed by atoms with Crippen molar-refractivity contribution in [3.8, 4) is 5.75 Å². The third kappa shape index (κ3) is 3.42. The van der Waals surface area contributed by atoms with Gasteiger partial charge < -0.3 is 9.72 Å². The predicted octanol–water partition coefficient (Wildman–Crippen LogP) is 3.82. The molecule has 0 radical (unpaired) electrons. The van der Waals surface area contributed by atoms with Crippen LogP contribution in [0.15, 0.2) is 29.2 Å². The molecular weight excluding hydrogens is 298 g/mol. The van der Waals surface area contributed by atoms with Crippen LogP contribution in [0.5, 0.6) is 5.75 Å². The van der Waals surface area contributed by atoms with Gasteiger partial charge in [0, 0.05) is 16.2 Å². The summed E-state index contributed by atoms with van der Waals surface area (Å²) in [5, 5.41) is 0. The molecule has 2 aromatic rings. The van der Waals surface area contributed by atoms with Crippen molar-refractivity contribution in [3.63, 3.8) is 0 Å². The third-order valence-corrected chi connectivity index (χ3v) is 4.24. The molecule has 0 atom stereocenters. The number of carbonyl (C=O) groups excluding carboxylic acids is 2. The highest BCUT2D eigenvalue weighted by atomic mass is 32.2. The number of nitrogens with one attached hydrogen (secondary N) is 1.